The van der Waals surface area contributed by atoms with E-state index in [2.05, 4.69) is 12.1 Å². The number of ether oxygens (including phenoxy) is 3. The van der Waals surface area contributed by atoms with Gasteiger partial charge in [0.1, 0.15) is 30.9 Å². The second-order valence-corrected chi connectivity index (χ2v) is 8.79. The summed E-state index contributed by atoms with van der Waals surface area (Å²) in [4.78, 5) is 17.3. The Hall–Kier alpha value is -2.38. The fourth-order valence-corrected chi connectivity index (χ4v) is 4.67. The van der Waals surface area contributed by atoms with Gasteiger partial charge in [0, 0.05) is 21.8 Å². The standard InChI is InChI=1S/C24H28ClNO5S/c1-4-6-18-21(9-8-17-20(26-29-3)15-31-24(17)18)30-11-5-12-32-22-10-7-16(13-19(22)25)14-23(27)28-2/h7-10,13H,4-6,11-12,14-15H2,1-3H3/b26-20+. The number of hydrogen-bond acceptors (Lipinski definition) is 7. The maximum atomic E-state index is 11.4. The van der Waals surface area contributed by atoms with E-state index in [0.29, 0.717) is 18.2 Å². The lowest BCUT2D eigenvalue weighted by atomic mass is 10.0. The van der Waals surface area contributed by atoms with Crippen molar-refractivity contribution in [3.8, 4) is 11.5 Å². The van der Waals surface area contributed by atoms with Gasteiger partial charge in [-0.25, -0.2) is 0 Å². The Labute approximate surface area is 198 Å². The smallest absolute Gasteiger partial charge is 0.309 e. The summed E-state index contributed by atoms with van der Waals surface area (Å²) in [5.41, 5.74) is 3.71. The van der Waals surface area contributed by atoms with Gasteiger partial charge >= 0.3 is 5.97 Å². The third-order valence-corrected chi connectivity index (χ3v) is 6.54. The zero-order valence-electron chi connectivity index (χ0n) is 18.6. The number of hydrogen-bond donors (Lipinski definition) is 0. The van der Waals surface area contributed by atoms with E-state index < -0.39 is 0 Å². The van der Waals surface area contributed by atoms with Crippen LogP contribution in [-0.4, -0.2) is 44.9 Å². The Balaban J connectivity index is 1.54. The Morgan fingerprint density at radius 3 is 2.81 bits per heavy atom. The van der Waals surface area contributed by atoms with Crippen LogP contribution in [0.1, 0.15) is 36.5 Å². The van der Waals surface area contributed by atoms with E-state index in [1.165, 1.54) is 14.2 Å². The molecule has 0 atom stereocenters. The van der Waals surface area contributed by atoms with Crippen molar-refractivity contribution < 1.29 is 23.8 Å². The Bertz CT molecular complexity index is 979. The number of carbonyl (C=O) groups is 1. The van der Waals surface area contributed by atoms with Crippen LogP contribution in [0.4, 0.5) is 0 Å². The highest BCUT2D eigenvalue weighted by Gasteiger charge is 2.25. The molecule has 0 unspecified atom stereocenters. The lowest BCUT2D eigenvalue weighted by Gasteiger charge is -2.14. The average molecular weight is 478 g/mol. The van der Waals surface area contributed by atoms with Crippen molar-refractivity contribution in [3.63, 3.8) is 0 Å². The fraction of sp³-hybridized carbons (Fsp3) is 0.417. The van der Waals surface area contributed by atoms with Crippen LogP contribution >= 0.6 is 23.4 Å². The molecule has 0 bridgehead atoms. The summed E-state index contributed by atoms with van der Waals surface area (Å²) in [7, 11) is 2.92. The van der Waals surface area contributed by atoms with Crippen molar-refractivity contribution in [1.29, 1.82) is 0 Å². The Morgan fingerprint density at radius 2 is 2.09 bits per heavy atom. The number of fused-ring (bicyclic) bond motifs is 1. The highest BCUT2D eigenvalue weighted by atomic mass is 35.5. The number of esters is 1. The van der Waals surface area contributed by atoms with Gasteiger partial charge in [0.05, 0.1) is 25.2 Å². The molecule has 6 nitrogen and oxygen atoms in total. The molecule has 1 heterocycles. The predicted octanol–water partition coefficient (Wildman–Crippen LogP) is 5.31. The summed E-state index contributed by atoms with van der Waals surface area (Å²) < 4.78 is 16.7. The molecular formula is C24H28ClNO5S. The van der Waals surface area contributed by atoms with Crippen LogP contribution in [0.2, 0.25) is 5.02 Å². The lowest BCUT2D eigenvalue weighted by molar-refractivity contribution is -0.139. The van der Waals surface area contributed by atoms with Crippen LogP contribution in [0.15, 0.2) is 40.4 Å². The number of thioether (sulfide) groups is 1. The van der Waals surface area contributed by atoms with Crippen molar-refractivity contribution in [1.82, 2.24) is 0 Å². The van der Waals surface area contributed by atoms with Gasteiger partial charge in [-0.3, -0.25) is 4.79 Å². The quantitative estimate of drug-likeness (QED) is 0.189. The summed E-state index contributed by atoms with van der Waals surface area (Å²) in [6.45, 7) is 3.15. The minimum atomic E-state index is -0.278. The second kappa shape index (κ2) is 12.0. The minimum Gasteiger partial charge on any atom is -0.493 e. The lowest BCUT2D eigenvalue weighted by Crippen LogP contribution is -2.04. The average Bonchev–Trinajstić information content (AvgIpc) is 3.19. The first-order chi connectivity index (χ1) is 15.6. The van der Waals surface area contributed by atoms with Crippen molar-refractivity contribution in [3.05, 3.63) is 52.0 Å². The topological polar surface area (TPSA) is 66.4 Å². The van der Waals surface area contributed by atoms with Crippen LogP contribution in [0.5, 0.6) is 11.5 Å². The van der Waals surface area contributed by atoms with Crippen molar-refractivity contribution >= 4 is 35.0 Å². The van der Waals surface area contributed by atoms with Crippen molar-refractivity contribution in [2.24, 2.45) is 5.16 Å². The van der Waals surface area contributed by atoms with E-state index in [1.807, 2.05) is 30.3 Å². The van der Waals surface area contributed by atoms with Crippen LogP contribution in [0.25, 0.3) is 0 Å². The number of benzene rings is 2. The summed E-state index contributed by atoms with van der Waals surface area (Å²) in [6.07, 6.45) is 2.96. The van der Waals surface area contributed by atoms with Gasteiger partial charge in [0.15, 0.2) is 0 Å². The van der Waals surface area contributed by atoms with Crippen LogP contribution < -0.4 is 9.47 Å². The van der Waals surface area contributed by atoms with Gasteiger partial charge in [-0.2, -0.15) is 0 Å². The molecule has 0 aliphatic carbocycles. The van der Waals surface area contributed by atoms with Crippen LogP contribution in [0, 0.1) is 0 Å². The normalized spacial score (nSPS) is 13.6. The summed E-state index contributed by atoms with van der Waals surface area (Å²) in [5.74, 6) is 2.30. The zero-order valence-corrected chi connectivity index (χ0v) is 20.2. The number of methoxy groups -OCH3 is 1. The van der Waals surface area contributed by atoms with Gasteiger partial charge < -0.3 is 19.0 Å². The van der Waals surface area contributed by atoms with E-state index in [-0.39, 0.29) is 12.4 Å². The third kappa shape index (κ3) is 6.11. The highest BCUT2D eigenvalue weighted by molar-refractivity contribution is 7.99. The molecule has 3 rings (SSSR count). The van der Waals surface area contributed by atoms with Crippen molar-refractivity contribution in [2.45, 2.75) is 37.5 Å². The fourth-order valence-electron chi connectivity index (χ4n) is 3.46. The molecule has 0 saturated heterocycles. The van der Waals surface area contributed by atoms with Gasteiger partial charge in [-0.05, 0) is 42.7 Å². The SMILES string of the molecule is CCCc1c(OCCCSc2ccc(CC(=O)OC)cc2Cl)ccc2c1OC/C2=N\OC. The first kappa shape index (κ1) is 24.3. The summed E-state index contributed by atoms with van der Waals surface area (Å²) in [6, 6.07) is 9.65. The molecule has 8 heteroatoms. The predicted molar refractivity (Wildman–Crippen MR) is 127 cm³/mol. The molecule has 0 aromatic heterocycles. The van der Waals surface area contributed by atoms with E-state index >= 15 is 0 Å². The molecule has 1 aliphatic heterocycles. The Morgan fingerprint density at radius 1 is 1.25 bits per heavy atom. The molecule has 0 fully saturated rings. The number of carbonyl (C=O) groups excluding carboxylic acids is 1. The van der Waals surface area contributed by atoms with E-state index in [9.17, 15) is 4.79 Å². The molecule has 0 N–H and O–H groups in total. The summed E-state index contributed by atoms with van der Waals surface area (Å²) >= 11 is 8.05. The first-order valence-corrected chi connectivity index (χ1v) is 11.9. The zero-order chi connectivity index (χ0) is 22.9. The monoisotopic (exact) mass is 477 g/mol. The maximum absolute atomic E-state index is 11.4. The van der Waals surface area contributed by atoms with Crippen molar-refractivity contribution in [2.75, 3.05) is 33.2 Å². The molecule has 0 spiro atoms. The molecule has 0 radical (unpaired) electrons. The maximum Gasteiger partial charge on any atom is 0.309 e. The van der Waals surface area contributed by atoms with Gasteiger partial charge in [0.25, 0.3) is 0 Å². The molecule has 172 valence electrons. The minimum absolute atomic E-state index is 0.221. The Kier molecular flexibility index (Phi) is 9.11. The van der Waals surface area contributed by atoms with E-state index in [1.54, 1.807) is 11.8 Å². The van der Waals surface area contributed by atoms with Gasteiger partial charge in [-0.15, -0.1) is 11.8 Å². The van der Waals surface area contributed by atoms with Crippen LogP contribution in [0.3, 0.4) is 0 Å². The highest BCUT2D eigenvalue weighted by Crippen LogP contribution is 2.37. The van der Waals surface area contributed by atoms with E-state index in [4.69, 9.17) is 30.6 Å². The molecular weight excluding hydrogens is 450 g/mol. The molecule has 0 amide bonds. The summed E-state index contributed by atoms with van der Waals surface area (Å²) in [5, 5.41) is 4.70. The molecule has 2 aromatic carbocycles. The van der Waals surface area contributed by atoms with Gasteiger partial charge in [0.2, 0.25) is 0 Å². The largest absolute Gasteiger partial charge is 0.493 e. The third-order valence-electron chi connectivity index (χ3n) is 4.96. The number of rotatable bonds is 11. The molecule has 0 saturated carbocycles. The molecule has 32 heavy (non-hydrogen) atoms. The van der Waals surface area contributed by atoms with E-state index in [0.717, 1.165) is 63.8 Å². The number of oxime groups is 1. The molecule has 2 aromatic rings. The van der Waals surface area contributed by atoms with Crippen LogP contribution in [-0.2, 0) is 27.2 Å². The number of halogens is 1. The number of nitrogens with zero attached hydrogens (tertiary/aromatic N) is 1. The molecule has 1 aliphatic rings. The van der Waals surface area contributed by atoms with Gasteiger partial charge in [-0.1, -0.05) is 36.2 Å². The first-order valence-electron chi connectivity index (χ1n) is 10.6. The second-order valence-electron chi connectivity index (χ2n) is 7.25.